The monoisotopic (exact) mass is 296 g/mol. The van der Waals surface area contributed by atoms with Gasteiger partial charge in [0.2, 0.25) is 5.91 Å². The Kier molecular flexibility index (Phi) is 5.45. The average molecular weight is 296 g/mol. The first kappa shape index (κ1) is 15.9. The Morgan fingerprint density at radius 3 is 2.50 bits per heavy atom. The van der Waals surface area contributed by atoms with Crippen molar-refractivity contribution in [3.05, 3.63) is 28.0 Å². The molecule has 1 rings (SSSR count). The minimum absolute atomic E-state index is 0.0220. The summed E-state index contributed by atoms with van der Waals surface area (Å²) >= 11 is 1.21. The van der Waals surface area contributed by atoms with Gasteiger partial charge in [-0.2, -0.15) is 0 Å². The van der Waals surface area contributed by atoms with E-state index in [-0.39, 0.29) is 18.4 Å². The van der Waals surface area contributed by atoms with E-state index in [9.17, 15) is 14.4 Å². The molecule has 1 aromatic heterocycles. The predicted octanol–water partition coefficient (Wildman–Crippen LogP) is 1.01. The first-order chi connectivity index (χ1) is 9.32. The summed E-state index contributed by atoms with van der Waals surface area (Å²) in [5.74, 6) is -1.56. The highest BCUT2D eigenvalue weighted by Gasteiger charge is 2.19. The molecule has 6 nitrogen and oxygen atoms in total. The number of amides is 2. The summed E-state index contributed by atoms with van der Waals surface area (Å²) in [5.41, 5.74) is 0.534. The van der Waals surface area contributed by atoms with Gasteiger partial charge in [0.15, 0.2) is 0 Å². The maximum atomic E-state index is 12.2. The van der Waals surface area contributed by atoms with Crippen molar-refractivity contribution in [2.24, 2.45) is 0 Å². The van der Waals surface area contributed by atoms with Gasteiger partial charge in [-0.15, -0.1) is 11.3 Å². The van der Waals surface area contributed by atoms with Crippen LogP contribution >= 0.6 is 11.3 Å². The molecule has 7 heteroatoms. The van der Waals surface area contributed by atoms with Crippen LogP contribution in [-0.4, -0.2) is 60.4 Å². The number of carboxylic acids is 1. The summed E-state index contributed by atoms with van der Waals surface area (Å²) < 4.78 is 0. The third-order valence-corrected chi connectivity index (χ3v) is 3.43. The molecule has 1 heterocycles. The van der Waals surface area contributed by atoms with E-state index in [1.807, 2.05) is 0 Å². The number of hydrogen-bond acceptors (Lipinski definition) is 4. The van der Waals surface area contributed by atoms with Gasteiger partial charge < -0.3 is 14.9 Å². The predicted molar refractivity (Wildman–Crippen MR) is 76.6 cm³/mol. The number of likely N-dealkylation sites (N-methyl/N-ethyl adjacent to an activating group) is 2. The van der Waals surface area contributed by atoms with Crippen molar-refractivity contribution < 1.29 is 19.5 Å². The summed E-state index contributed by atoms with van der Waals surface area (Å²) in [4.78, 5) is 37.4. The third-order valence-electron chi connectivity index (χ3n) is 2.51. The third kappa shape index (κ3) is 4.20. The Morgan fingerprint density at radius 1 is 1.30 bits per heavy atom. The van der Waals surface area contributed by atoms with Crippen LogP contribution in [0.15, 0.2) is 17.5 Å². The molecule has 0 aliphatic heterocycles. The van der Waals surface area contributed by atoms with Crippen LogP contribution in [-0.2, 0) is 9.59 Å². The lowest BCUT2D eigenvalue weighted by Gasteiger charge is -2.18. The highest BCUT2D eigenvalue weighted by atomic mass is 32.1. The molecule has 0 atom stereocenters. The van der Waals surface area contributed by atoms with Crippen LogP contribution in [0.4, 0.5) is 0 Å². The molecule has 0 saturated carbocycles. The zero-order valence-corrected chi connectivity index (χ0v) is 12.3. The molecule has 1 aromatic rings. The van der Waals surface area contributed by atoms with Crippen molar-refractivity contribution in [1.29, 1.82) is 0 Å². The average Bonchev–Trinajstić information content (AvgIpc) is 2.83. The zero-order chi connectivity index (χ0) is 15.3. The highest BCUT2D eigenvalue weighted by molar-refractivity contribution is 7.12. The van der Waals surface area contributed by atoms with E-state index in [1.165, 1.54) is 34.3 Å². The molecule has 1 N–H and O–H groups in total. The number of carboxylic acid groups (broad SMARTS) is 1. The van der Waals surface area contributed by atoms with Crippen LogP contribution in [0, 0.1) is 0 Å². The van der Waals surface area contributed by atoms with Crippen LogP contribution < -0.4 is 0 Å². The molecule has 0 saturated heterocycles. The van der Waals surface area contributed by atoms with Crippen molar-refractivity contribution >= 4 is 35.2 Å². The fraction of sp³-hybridized carbons (Fsp3) is 0.308. The van der Waals surface area contributed by atoms with Crippen LogP contribution in [0.2, 0.25) is 0 Å². The number of hydrogen-bond donors (Lipinski definition) is 1. The molecule has 108 valence electrons. The van der Waals surface area contributed by atoms with E-state index in [0.717, 1.165) is 6.08 Å². The molecular weight excluding hydrogens is 280 g/mol. The van der Waals surface area contributed by atoms with Crippen molar-refractivity contribution in [2.45, 2.75) is 0 Å². The fourth-order valence-electron chi connectivity index (χ4n) is 1.37. The molecule has 0 aliphatic rings. The van der Waals surface area contributed by atoms with Gasteiger partial charge in [0.05, 0.1) is 11.4 Å². The molecule has 0 radical (unpaired) electrons. The van der Waals surface area contributed by atoms with Crippen molar-refractivity contribution in [2.75, 3.05) is 27.7 Å². The SMILES string of the molecule is CN(C)C(=O)CN(C)C(=O)c1sccc1C=CC(=O)O. The minimum Gasteiger partial charge on any atom is -0.478 e. The number of carbonyl (C=O) groups excluding carboxylic acids is 2. The quantitative estimate of drug-likeness (QED) is 0.822. The molecule has 0 aliphatic carbocycles. The van der Waals surface area contributed by atoms with E-state index in [0.29, 0.717) is 10.4 Å². The Balaban J connectivity index is 2.85. The molecule has 0 aromatic carbocycles. The Bertz CT molecular complexity index is 548. The van der Waals surface area contributed by atoms with Crippen LogP contribution in [0.3, 0.4) is 0 Å². The van der Waals surface area contributed by atoms with Gasteiger partial charge >= 0.3 is 5.97 Å². The van der Waals surface area contributed by atoms with E-state index < -0.39 is 5.97 Å². The summed E-state index contributed by atoms with van der Waals surface area (Å²) in [5, 5.41) is 10.3. The smallest absolute Gasteiger partial charge is 0.328 e. The van der Waals surface area contributed by atoms with Gasteiger partial charge in [0.25, 0.3) is 5.91 Å². The van der Waals surface area contributed by atoms with Crippen molar-refractivity contribution in [1.82, 2.24) is 9.80 Å². The summed E-state index contributed by atoms with van der Waals surface area (Å²) in [6.45, 7) is -0.0220. The summed E-state index contributed by atoms with van der Waals surface area (Å²) in [7, 11) is 4.77. The van der Waals surface area contributed by atoms with Crippen LogP contribution in [0.5, 0.6) is 0 Å². The molecule has 2 amide bonds. The Hall–Kier alpha value is -2.15. The number of thiophene rings is 1. The standard InChI is InChI=1S/C13H16N2O4S/c1-14(2)10(16)8-15(3)13(19)12-9(6-7-20-12)4-5-11(17)18/h4-7H,8H2,1-3H3,(H,17,18). The van der Waals surface area contributed by atoms with E-state index >= 15 is 0 Å². The Morgan fingerprint density at radius 2 is 1.95 bits per heavy atom. The normalized spacial score (nSPS) is 10.6. The van der Waals surface area contributed by atoms with E-state index in [2.05, 4.69) is 0 Å². The van der Waals surface area contributed by atoms with Gasteiger partial charge in [0.1, 0.15) is 0 Å². The zero-order valence-electron chi connectivity index (χ0n) is 11.5. The van der Waals surface area contributed by atoms with Gasteiger partial charge in [-0.05, 0) is 23.1 Å². The highest BCUT2D eigenvalue weighted by Crippen LogP contribution is 2.20. The number of nitrogens with zero attached hydrogens (tertiary/aromatic N) is 2. The maximum absolute atomic E-state index is 12.2. The molecule has 0 bridgehead atoms. The van der Waals surface area contributed by atoms with Gasteiger partial charge in [-0.3, -0.25) is 9.59 Å². The fourth-order valence-corrected chi connectivity index (χ4v) is 2.25. The lowest BCUT2D eigenvalue weighted by Crippen LogP contribution is -2.37. The second-order valence-electron chi connectivity index (χ2n) is 4.33. The molecule has 20 heavy (non-hydrogen) atoms. The Labute approximate surface area is 120 Å². The van der Waals surface area contributed by atoms with Crippen molar-refractivity contribution in [3.8, 4) is 0 Å². The lowest BCUT2D eigenvalue weighted by molar-refractivity contribution is -0.131. The first-order valence-corrected chi connectivity index (χ1v) is 6.65. The minimum atomic E-state index is -1.08. The van der Waals surface area contributed by atoms with Gasteiger partial charge in [-0.1, -0.05) is 0 Å². The molecule has 0 fully saturated rings. The summed E-state index contributed by atoms with van der Waals surface area (Å²) in [6, 6.07) is 1.67. The molecule has 0 unspecified atom stereocenters. The molecular formula is C13H16N2O4S. The van der Waals surface area contributed by atoms with Crippen LogP contribution in [0.1, 0.15) is 15.2 Å². The van der Waals surface area contributed by atoms with E-state index in [4.69, 9.17) is 5.11 Å². The number of carbonyl (C=O) groups is 3. The first-order valence-electron chi connectivity index (χ1n) is 5.77. The van der Waals surface area contributed by atoms with Gasteiger partial charge in [-0.25, -0.2) is 4.79 Å². The molecule has 0 spiro atoms. The second kappa shape index (κ2) is 6.85. The number of rotatable bonds is 5. The lowest BCUT2D eigenvalue weighted by atomic mass is 10.2. The summed E-state index contributed by atoms with van der Waals surface area (Å²) in [6.07, 6.45) is 2.34. The van der Waals surface area contributed by atoms with E-state index in [1.54, 1.807) is 25.5 Å². The van der Waals surface area contributed by atoms with Gasteiger partial charge in [0, 0.05) is 27.2 Å². The largest absolute Gasteiger partial charge is 0.478 e. The number of aliphatic carboxylic acids is 1. The topological polar surface area (TPSA) is 77.9 Å². The van der Waals surface area contributed by atoms with Crippen molar-refractivity contribution in [3.63, 3.8) is 0 Å². The maximum Gasteiger partial charge on any atom is 0.328 e. The second-order valence-corrected chi connectivity index (χ2v) is 5.24. The van der Waals surface area contributed by atoms with Crippen LogP contribution in [0.25, 0.3) is 6.08 Å².